The number of aromatic nitrogens is 3. The third-order valence-electron chi connectivity index (χ3n) is 3.33. The van der Waals surface area contributed by atoms with E-state index in [0.717, 1.165) is 15.8 Å². The van der Waals surface area contributed by atoms with Gasteiger partial charge >= 0.3 is 6.18 Å². The van der Waals surface area contributed by atoms with Crippen LogP contribution in [0.4, 0.5) is 13.2 Å². The quantitative estimate of drug-likeness (QED) is 0.857. The number of amides is 1. The van der Waals surface area contributed by atoms with Crippen molar-refractivity contribution in [2.75, 3.05) is 7.05 Å². The van der Waals surface area contributed by atoms with Gasteiger partial charge in [-0.3, -0.25) is 9.48 Å². The van der Waals surface area contributed by atoms with Crippen LogP contribution in [-0.2, 0) is 18.3 Å². The molecule has 0 aliphatic carbocycles. The van der Waals surface area contributed by atoms with Gasteiger partial charge in [0.1, 0.15) is 11.5 Å². The number of halogens is 3. The monoisotopic (exact) mass is 344 g/mol. The Morgan fingerprint density at radius 3 is 2.42 bits per heavy atom. The molecule has 2 aromatic rings. The molecule has 0 unspecified atom stereocenters. The highest BCUT2D eigenvalue weighted by molar-refractivity contribution is 5.95. The molecule has 0 N–H and O–H groups in total. The molecule has 6 nitrogen and oxygen atoms in total. The summed E-state index contributed by atoms with van der Waals surface area (Å²) in [7, 11) is 1.40. The lowest BCUT2D eigenvalue weighted by Gasteiger charge is -2.24. The summed E-state index contributed by atoms with van der Waals surface area (Å²) in [6.45, 7) is 6.49. The topological polar surface area (TPSA) is 64.2 Å². The molecule has 0 aliphatic heterocycles. The predicted octanol–water partition coefficient (Wildman–Crippen LogP) is 3.23. The standard InChI is InChI=1S/C15H19F3N4O2/c1-9-6-10(20-24-9)8-21(5)13(23)11-7-19-22(14(2,3)4)12(11)15(16,17)18/h6-7H,8H2,1-5H3. The van der Waals surface area contributed by atoms with Crippen molar-refractivity contribution >= 4 is 5.91 Å². The molecule has 0 radical (unpaired) electrons. The van der Waals surface area contributed by atoms with Crippen LogP contribution in [0.3, 0.4) is 0 Å². The Morgan fingerprint density at radius 2 is 1.96 bits per heavy atom. The highest BCUT2D eigenvalue weighted by Gasteiger charge is 2.42. The van der Waals surface area contributed by atoms with E-state index < -0.39 is 28.9 Å². The van der Waals surface area contributed by atoms with Crippen LogP contribution in [-0.4, -0.2) is 32.8 Å². The van der Waals surface area contributed by atoms with Crippen molar-refractivity contribution < 1.29 is 22.5 Å². The summed E-state index contributed by atoms with van der Waals surface area (Å²) in [6.07, 6.45) is -3.74. The minimum absolute atomic E-state index is 0.0359. The summed E-state index contributed by atoms with van der Waals surface area (Å²) in [5.74, 6) is -0.221. The zero-order chi connectivity index (χ0) is 18.3. The van der Waals surface area contributed by atoms with E-state index >= 15 is 0 Å². The van der Waals surface area contributed by atoms with E-state index in [2.05, 4.69) is 10.3 Å². The first-order valence-electron chi connectivity index (χ1n) is 7.24. The molecule has 2 heterocycles. The Kier molecular flexibility index (Phi) is 4.47. The number of nitrogens with zero attached hydrogens (tertiary/aromatic N) is 4. The summed E-state index contributed by atoms with van der Waals surface area (Å²) in [5, 5.41) is 7.52. The van der Waals surface area contributed by atoms with Crippen molar-refractivity contribution in [3.05, 3.63) is 35.0 Å². The second-order valence-corrected chi connectivity index (χ2v) is 6.58. The number of aryl methyl sites for hydroxylation is 1. The molecule has 0 saturated heterocycles. The van der Waals surface area contributed by atoms with Gasteiger partial charge in [-0.05, 0) is 27.7 Å². The molecule has 2 rings (SSSR count). The molecule has 0 atom stereocenters. The van der Waals surface area contributed by atoms with Gasteiger partial charge in [0, 0.05) is 13.1 Å². The summed E-state index contributed by atoms with van der Waals surface area (Å²) >= 11 is 0. The number of hydrogen-bond acceptors (Lipinski definition) is 4. The Hall–Kier alpha value is -2.32. The minimum Gasteiger partial charge on any atom is -0.361 e. The Morgan fingerprint density at radius 1 is 1.33 bits per heavy atom. The summed E-state index contributed by atoms with van der Waals surface area (Å²) in [6, 6.07) is 1.62. The molecule has 0 aliphatic rings. The van der Waals surface area contributed by atoms with Gasteiger partial charge in [0.2, 0.25) is 0 Å². The fourth-order valence-corrected chi connectivity index (χ4v) is 2.30. The molecule has 0 fully saturated rings. The van der Waals surface area contributed by atoms with Gasteiger partial charge in [0.25, 0.3) is 5.91 Å². The fraction of sp³-hybridized carbons (Fsp3) is 0.533. The zero-order valence-electron chi connectivity index (χ0n) is 14.1. The number of hydrogen-bond donors (Lipinski definition) is 0. The van der Waals surface area contributed by atoms with Crippen LogP contribution >= 0.6 is 0 Å². The van der Waals surface area contributed by atoms with Gasteiger partial charge in [-0.1, -0.05) is 5.16 Å². The largest absolute Gasteiger partial charge is 0.433 e. The molecule has 24 heavy (non-hydrogen) atoms. The molecule has 2 aromatic heterocycles. The molecule has 0 aromatic carbocycles. The third-order valence-corrected chi connectivity index (χ3v) is 3.33. The molecular formula is C15H19F3N4O2. The van der Waals surface area contributed by atoms with E-state index in [1.54, 1.807) is 33.8 Å². The summed E-state index contributed by atoms with van der Waals surface area (Å²) in [4.78, 5) is 13.6. The SMILES string of the molecule is Cc1cc(CN(C)C(=O)c2cnn(C(C)(C)C)c2C(F)(F)F)no1. The minimum atomic E-state index is -4.69. The highest BCUT2D eigenvalue weighted by atomic mass is 19.4. The van der Waals surface area contributed by atoms with E-state index in [4.69, 9.17) is 4.52 Å². The van der Waals surface area contributed by atoms with Crippen molar-refractivity contribution in [2.45, 2.75) is 46.0 Å². The maximum Gasteiger partial charge on any atom is 0.433 e. The van der Waals surface area contributed by atoms with Crippen LogP contribution in [0, 0.1) is 6.92 Å². The normalized spacial score (nSPS) is 12.5. The highest BCUT2D eigenvalue weighted by Crippen LogP contribution is 2.35. The first-order chi connectivity index (χ1) is 10.9. The van der Waals surface area contributed by atoms with Gasteiger partial charge in [-0.2, -0.15) is 18.3 Å². The lowest BCUT2D eigenvalue weighted by molar-refractivity contribution is -0.146. The van der Waals surface area contributed by atoms with Gasteiger partial charge in [-0.25, -0.2) is 0 Å². The first-order valence-corrected chi connectivity index (χ1v) is 7.24. The summed E-state index contributed by atoms with van der Waals surface area (Å²) < 4.78 is 46.1. The van der Waals surface area contributed by atoms with Gasteiger partial charge in [-0.15, -0.1) is 0 Å². The second kappa shape index (κ2) is 5.95. The van der Waals surface area contributed by atoms with Gasteiger partial charge in [0.15, 0.2) is 5.69 Å². The van der Waals surface area contributed by atoms with E-state index in [0.29, 0.717) is 11.5 Å². The molecular weight excluding hydrogens is 325 g/mol. The Balaban J connectivity index is 2.37. The molecule has 132 valence electrons. The van der Waals surface area contributed by atoms with Gasteiger partial charge in [0.05, 0.1) is 23.8 Å². The third kappa shape index (κ3) is 3.60. The smallest absolute Gasteiger partial charge is 0.361 e. The molecule has 0 saturated carbocycles. The second-order valence-electron chi connectivity index (χ2n) is 6.58. The van der Waals surface area contributed by atoms with E-state index in [9.17, 15) is 18.0 Å². The molecule has 0 spiro atoms. The van der Waals surface area contributed by atoms with E-state index in [1.807, 2.05) is 0 Å². The molecule has 1 amide bonds. The Labute approximate surface area is 137 Å². The van der Waals surface area contributed by atoms with Crippen molar-refractivity contribution in [3.63, 3.8) is 0 Å². The van der Waals surface area contributed by atoms with Gasteiger partial charge < -0.3 is 9.42 Å². The average Bonchev–Trinajstić information content (AvgIpc) is 3.02. The van der Waals surface area contributed by atoms with Crippen molar-refractivity contribution in [1.82, 2.24) is 19.8 Å². The van der Waals surface area contributed by atoms with Crippen molar-refractivity contribution in [3.8, 4) is 0 Å². The maximum atomic E-state index is 13.5. The number of carbonyl (C=O) groups excluding carboxylic acids is 1. The number of alkyl halides is 3. The number of carbonyl (C=O) groups is 1. The summed E-state index contributed by atoms with van der Waals surface area (Å²) in [5.41, 5.74) is -1.99. The molecule has 9 heteroatoms. The van der Waals surface area contributed by atoms with Crippen LogP contribution < -0.4 is 0 Å². The van der Waals surface area contributed by atoms with Crippen LogP contribution in [0.5, 0.6) is 0 Å². The predicted molar refractivity (Wildman–Crippen MR) is 79.3 cm³/mol. The van der Waals surface area contributed by atoms with Crippen LogP contribution in [0.1, 0.15) is 48.3 Å². The number of rotatable bonds is 3. The van der Waals surface area contributed by atoms with Crippen LogP contribution in [0.25, 0.3) is 0 Å². The average molecular weight is 344 g/mol. The van der Waals surface area contributed by atoms with E-state index in [-0.39, 0.29) is 6.54 Å². The first kappa shape index (κ1) is 18.0. The lowest BCUT2D eigenvalue weighted by atomic mass is 10.1. The van der Waals surface area contributed by atoms with Crippen LogP contribution in [0.15, 0.2) is 16.8 Å². The molecule has 0 bridgehead atoms. The van der Waals surface area contributed by atoms with Crippen LogP contribution in [0.2, 0.25) is 0 Å². The lowest BCUT2D eigenvalue weighted by Crippen LogP contribution is -2.32. The Bertz CT molecular complexity index is 741. The zero-order valence-corrected chi connectivity index (χ0v) is 14.1. The fourth-order valence-electron chi connectivity index (χ4n) is 2.30. The maximum absolute atomic E-state index is 13.5. The van der Waals surface area contributed by atoms with Crippen molar-refractivity contribution in [1.29, 1.82) is 0 Å². The van der Waals surface area contributed by atoms with E-state index in [1.165, 1.54) is 7.05 Å². The van der Waals surface area contributed by atoms with Crippen molar-refractivity contribution in [2.24, 2.45) is 0 Å².